The first-order chi connectivity index (χ1) is 8.66. The Labute approximate surface area is 112 Å². The van der Waals surface area contributed by atoms with Crippen LogP contribution in [-0.4, -0.2) is 30.2 Å². The molecule has 0 unspecified atom stereocenters. The predicted molar refractivity (Wildman–Crippen MR) is 68.9 cm³/mol. The highest BCUT2D eigenvalue weighted by molar-refractivity contribution is 5.70. The monoisotopic (exact) mass is 300 g/mol. The van der Waals surface area contributed by atoms with Gasteiger partial charge in [0.2, 0.25) is 0 Å². The Bertz CT molecular complexity index is 215. The molecule has 0 aromatic carbocycles. The number of hydrogen-bond acceptors (Lipinski definition) is 5. The van der Waals surface area contributed by atoms with Crippen molar-refractivity contribution in [3.63, 3.8) is 0 Å². The highest BCUT2D eigenvalue weighted by Gasteiger charge is 1.62. The van der Waals surface area contributed by atoms with Crippen molar-refractivity contribution in [2.24, 2.45) is 57.3 Å². The number of amides is 10. The Kier molecular flexibility index (Phi) is 36.7. The van der Waals surface area contributed by atoms with Crippen LogP contribution in [0.1, 0.15) is 0 Å². The van der Waals surface area contributed by atoms with E-state index in [1.54, 1.807) is 0 Å². The highest BCUT2D eigenvalue weighted by atomic mass is 16.2. The smallest absolute Gasteiger partial charge is 0.309 e. The molecule has 0 radical (unpaired) electrons. The molecule has 0 aliphatic carbocycles. The molecule has 0 atom stereocenters. The van der Waals surface area contributed by atoms with E-state index in [0.29, 0.717) is 0 Å². The molecule has 0 aromatic heterocycles. The van der Waals surface area contributed by atoms with Gasteiger partial charge >= 0.3 is 30.2 Å². The van der Waals surface area contributed by atoms with Crippen LogP contribution in [0.15, 0.2) is 0 Å². The fourth-order valence-corrected chi connectivity index (χ4v) is 0. The lowest BCUT2D eigenvalue weighted by Crippen LogP contribution is -2.18. The zero-order chi connectivity index (χ0) is 17.9. The van der Waals surface area contributed by atoms with Gasteiger partial charge in [0.05, 0.1) is 0 Å². The van der Waals surface area contributed by atoms with Gasteiger partial charge in [-0.2, -0.15) is 0 Å². The topological polar surface area (TPSA) is 346 Å². The summed E-state index contributed by atoms with van der Waals surface area (Å²) < 4.78 is 0. The maximum atomic E-state index is 9.00. The van der Waals surface area contributed by atoms with E-state index in [1.165, 1.54) is 0 Å². The molecular formula is C5H20N10O5. The van der Waals surface area contributed by atoms with E-state index in [2.05, 4.69) is 57.3 Å². The van der Waals surface area contributed by atoms with Crippen LogP contribution in [0.25, 0.3) is 0 Å². The predicted octanol–water partition coefficient (Wildman–Crippen LogP) is -4.88. The standard InChI is InChI=1S/5CH4N2O/c5*2-1(3)4/h5*(H4,2,3,4). The minimum atomic E-state index is -0.833. The van der Waals surface area contributed by atoms with Crippen LogP contribution >= 0.6 is 0 Å². The van der Waals surface area contributed by atoms with Crippen molar-refractivity contribution in [3.8, 4) is 0 Å². The van der Waals surface area contributed by atoms with E-state index >= 15 is 0 Å². The number of carbonyl (C=O) groups excluding carboxylic acids is 5. The molecule has 0 fully saturated rings. The van der Waals surface area contributed by atoms with Gasteiger partial charge < -0.3 is 57.3 Å². The van der Waals surface area contributed by atoms with Crippen molar-refractivity contribution in [1.82, 2.24) is 0 Å². The number of urea groups is 5. The molecule has 0 rings (SSSR count). The molecule has 0 spiro atoms. The van der Waals surface area contributed by atoms with Crippen LogP contribution in [-0.2, 0) is 0 Å². The van der Waals surface area contributed by atoms with Gasteiger partial charge in [0.1, 0.15) is 0 Å². The summed E-state index contributed by atoms with van der Waals surface area (Å²) in [5.41, 5.74) is 42.5. The van der Waals surface area contributed by atoms with Gasteiger partial charge in [-0.25, -0.2) is 24.0 Å². The maximum absolute atomic E-state index is 9.00. The van der Waals surface area contributed by atoms with Gasteiger partial charge in [0, 0.05) is 0 Å². The summed E-state index contributed by atoms with van der Waals surface area (Å²) >= 11 is 0. The number of nitrogens with two attached hydrogens (primary N) is 10. The van der Waals surface area contributed by atoms with Crippen LogP contribution < -0.4 is 57.3 Å². The van der Waals surface area contributed by atoms with Gasteiger partial charge in [-0.1, -0.05) is 0 Å². The lowest BCUT2D eigenvalue weighted by atomic mass is 11.2. The molecule has 0 heterocycles. The average Bonchev–Trinajstić information content (AvgIpc) is 1.94. The average molecular weight is 300 g/mol. The van der Waals surface area contributed by atoms with E-state index in [1.807, 2.05) is 0 Å². The third-order valence-electron chi connectivity index (χ3n) is 0. The Morgan fingerprint density at radius 1 is 0.300 bits per heavy atom. The number of primary amides is 10. The van der Waals surface area contributed by atoms with Crippen molar-refractivity contribution < 1.29 is 24.0 Å². The number of rotatable bonds is 0. The van der Waals surface area contributed by atoms with Gasteiger partial charge in [-0.05, 0) is 0 Å². The molecule has 10 amide bonds. The zero-order valence-electron chi connectivity index (χ0n) is 10.3. The molecule has 15 heteroatoms. The molecule has 15 nitrogen and oxygen atoms in total. The largest absolute Gasteiger partial charge is 0.352 e. The van der Waals surface area contributed by atoms with E-state index in [4.69, 9.17) is 24.0 Å². The number of hydrogen-bond donors (Lipinski definition) is 10. The van der Waals surface area contributed by atoms with Gasteiger partial charge in [-0.15, -0.1) is 0 Å². The van der Waals surface area contributed by atoms with Crippen molar-refractivity contribution in [3.05, 3.63) is 0 Å². The van der Waals surface area contributed by atoms with E-state index in [0.717, 1.165) is 0 Å². The van der Waals surface area contributed by atoms with Crippen LogP contribution in [0.5, 0.6) is 0 Å². The summed E-state index contributed by atoms with van der Waals surface area (Å²) in [5, 5.41) is 0. The zero-order valence-corrected chi connectivity index (χ0v) is 10.3. The minimum absolute atomic E-state index is 0.833. The van der Waals surface area contributed by atoms with Crippen molar-refractivity contribution >= 4 is 30.2 Å². The minimum Gasteiger partial charge on any atom is -0.352 e. The molecule has 0 aromatic rings. The molecular weight excluding hydrogens is 280 g/mol. The summed E-state index contributed by atoms with van der Waals surface area (Å²) in [6.45, 7) is 0. The first-order valence-electron chi connectivity index (χ1n) is 3.91. The molecule has 0 bridgehead atoms. The van der Waals surface area contributed by atoms with Crippen molar-refractivity contribution in [2.45, 2.75) is 0 Å². The lowest BCUT2D eigenvalue weighted by molar-refractivity contribution is 0.255. The summed E-state index contributed by atoms with van der Waals surface area (Å²) in [6.07, 6.45) is 0. The Hall–Kier alpha value is -3.65. The second kappa shape index (κ2) is 24.5. The molecule has 0 saturated heterocycles. The third kappa shape index (κ3) is 192. The van der Waals surface area contributed by atoms with E-state index < -0.39 is 30.2 Å². The van der Waals surface area contributed by atoms with Crippen molar-refractivity contribution in [1.29, 1.82) is 0 Å². The highest BCUT2D eigenvalue weighted by Crippen LogP contribution is 1.27. The normalized spacial score (nSPS) is 6.00. The molecule has 0 aliphatic heterocycles. The molecule has 120 valence electrons. The van der Waals surface area contributed by atoms with Gasteiger partial charge in [-0.3, -0.25) is 0 Å². The molecule has 20 N–H and O–H groups in total. The first-order valence-corrected chi connectivity index (χ1v) is 3.91. The fraction of sp³-hybridized carbons (Fsp3) is 0. The summed E-state index contributed by atoms with van der Waals surface area (Å²) in [5.74, 6) is 0. The SMILES string of the molecule is NC(N)=O.NC(N)=O.NC(N)=O.NC(N)=O.NC(N)=O. The van der Waals surface area contributed by atoms with Crippen LogP contribution in [0, 0.1) is 0 Å². The Balaban J connectivity index is -0.0000000469. The number of carbonyl (C=O) groups is 5. The van der Waals surface area contributed by atoms with E-state index in [9.17, 15) is 0 Å². The molecule has 0 saturated carbocycles. The Morgan fingerprint density at radius 2 is 0.300 bits per heavy atom. The molecule has 20 heavy (non-hydrogen) atoms. The quantitative estimate of drug-likeness (QED) is 0.209. The van der Waals surface area contributed by atoms with Crippen LogP contribution in [0.2, 0.25) is 0 Å². The maximum Gasteiger partial charge on any atom is 0.309 e. The van der Waals surface area contributed by atoms with Gasteiger partial charge in [0.15, 0.2) is 0 Å². The summed E-state index contributed by atoms with van der Waals surface area (Å²) in [4.78, 5) is 45.0. The summed E-state index contributed by atoms with van der Waals surface area (Å²) in [6, 6.07) is -4.17. The lowest BCUT2D eigenvalue weighted by Gasteiger charge is -1.62. The third-order valence-corrected chi connectivity index (χ3v) is 0. The molecule has 0 aliphatic rings. The van der Waals surface area contributed by atoms with E-state index in [-0.39, 0.29) is 0 Å². The first kappa shape index (κ1) is 29.9. The van der Waals surface area contributed by atoms with Crippen LogP contribution in [0.4, 0.5) is 24.0 Å². The fourth-order valence-electron chi connectivity index (χ4n) is 0. The van der Waals surface area contributed by atoms with Gasteiger partial charge in [0.25, 0.3) is 0 Å². The van der Waals surface area contributed by atoms with Crippen LogP contribution in [0.3, 0.4) is 0 Å². The Morgan fingerprint density at radius 3 is 0.300 bits per heavy atom. The second-order valence-corrected chi connectivity index (χ2v) is 2.01. The van der Waals surface area contributed by atoms with Crippen molar-refractivity contribution in [2.75, 3.05) is 0 Å². The summed E-state index contributed by atoms with van der Waals surface area (Å²) in [7, 11) is 0. The second-order valence-electron chi connectivity index (χ2n) is 2.01.